The van der Waals surface area contributed by atoms with Gasteiger partial charge in [0.2, 0.25) is 0 Å². The second-order valence-corrected chi connectivity index (χ2v) is 4.91. The van der Waals surface area contributed by atoms with Crippen LogP contribution in [0.4, 0.5) is 52.7 Å². The van der Waals surface area contributed by atoms with Crippen LogP contribution >= 0.6 is 0 Å². The third-order valence-corrected chi connectivity index (χ3v) is 3.08. The first-order valence-corrected chi connectivity index (χ1v) is 6.18. The Hall–Kier alpha value is -1.18. The molecule has 0 aromatic heterocycles. The van der Waals surface area contributed by atoms with E-state index in [-0.39, 0.29) is 17.1 Å². The molecule has 2 atom stereocenters. The van der Waals surface area contributed by atoms with Crippen molar-refractivity contribution in [2.24, 2.45) is 0 Å². The minimum atomic E-state index is -6.14. The maximum atomic E-state index is 13.7. The number of alkyl halides is 9. The quantitative estimate of drug-likeness (QED) is 0.386. The number of aliphatic hydroxyl groups is 2. The standard InChI is InChI=1S/C12H6F12O2.Cu/c13-7-4(2(25)1-3(26)10(16,17)18)5(11(19,20)21)8(14)6(9(7)15)12(22,23)24;/h2-3,25-26H,1H2;. The van der Waals surface area contributed by atoms with Crippen molar-refractivity contribution in [2.75, 3.05) is 0 Å². The maximum absolute atomic E-state index is 13.7. The summed E-state index contributed by atoms with van der Waals surface area (Å²) in [5.74, 6) is -9.59. The van der Waals surface area contributed by atoms with E-state index in [1.165, 1.54) is 0 Å². The molecule has 0 fully saturated rings. The van der Waals surface area contributed by atoms with E-state index in [1.54, 1.807) is 0 Å². The second kappa shape index (κ2) is 8.05. The topological polar surface area (TPSA) is 40.5 Å². The summed E-state index contributed by atoms with van der Waals surface area (Å²) >= 11 is 0. The Morgan fingerprint density at radius 2 is 1.07 bits per heavy atom. The van der Waals surface area contributed by atoms with Gasteiger partial charge in [-0.15, -0.1) is 0 Å². The van der Waals surface area contributed by atoms with E-state index in [0.717, 1.165) is 0 Å². The molecule has 0 amide bonds. The van der Waals surface area contributed by atoms with Gasteiger partial charge in [0.25, 0.3) is 0 Å². The summed E-state index contributed by atoms with van der Waals surface area (Å²) in [5.41, 5.74) is -8.93. The van der Waals surface area contributed by atoms with Gasteiger partial charge in [-0.05, 0) is 0 Å². The molecule has 0 saturated carbocycles. The summed E-state index contributed by atoms with van der Waals surface area (Å²) in [6, 6.07) is 0. The number of aliphatic hydroxyl groups excluding tert-OH is 2. The molecular weight excluding hydrogens is 468 g/mol. The zero-order valence-electron chi connectivity index (χ0n) is 12.1. The number of hydrogen-bond donors (Lipinski definition) is 2. The summed E-state index contributed by atoms with van der Waals surface area (Å²) in [4.78, 5) is 0. The van der Waals surface area contributed by atoms with E-state index in [0.29, 0.717) is 0 Å². The van der Waals surface area contributed by atoms with E-state index in [4.69, 9.17) is 5.11 Å². The molecule has 27 heavy (non-hydrogen) atoms. The fourth-order valence-corrected chi connectivity index (χ4v) is 1.98. The molecule has 1 aromatic rings. The van der Waals surface area contributed by atoms with Gasteiger partial charge >= 0.3 is 18.5 Å². The van der Waals surface area contributed by atoms with Crippen LogP contribution in [0.2, 0.25) is 0 Å². The predicted octanol–water partition coefficient (Wildman–Crippen LogP) is 4.49. The van der Waals surface area contributed by atoms with Gasteiger partial charge in [0.1, 0.15) is 11.1 Å². The molecule has 2 N–H and O–H groups in total. The van der Waals surface area contributed by atoms with Crippen molar-refractivity contribution in [2.45, 2.75) is 37.2 Å². The van der Waals surface area contributed by atoms with Gasteiger partial charge in [-0.3, -0.25) is 0 Å². The van der Waals surface area contributed by atoms with Crippen molar-refractivity contribution < 1.29 is 80.0 Å². The van der Waals surface area contributed by atoms with Gasteiger partial charge < -0.3 is 10.2 Å². The third-order valence-electron chi connectivity index (χ3n) is 3.08. The van der Waals surface area contributed by atoms with Crippen LogP contribution < -0.4 is 0 Å². The van der Waals surface area contributed by atoms with Crippen molar-refractivity contribution in [3.63, 3.8) is 0 Å². The monoisotopic (exact) mass is 473 g/mol. The largest absolute Gasteiger partial charge is 0.422 e. The molecule has 2 nitrogen and oxygen atoms in total. The van der Waals surface area contributed by atoms with Gasteiger partial charge in [-0.1, -0.05) is 0 Å². The molecular formula is C12H6CuF12O2. The molecule has 0 aliphatic carbocycles. The molecule has 1 radical (unpaired) electrons. The van der Waals surface area contributed by atoms with Crippen LogP contribution in [0, 0.1) is 17.5 Å². The molecule has 1 aromatic carbocycles. The third kappa shape index (κ3) is 5.42. The van der Waals surface area contributed by atoms with Gasteiger partial charge in [0.15, 0.2) is 23.6 Å². The fourth-order valence-electron chi connectivity index (χ4n) is 1.98. The molecule has 0 bridgehead atoms. The van der Waals surface area contributed by atoms with Crippen molar-refractivity contribution in [1.82, 2.24) is 0 Å². The molecule has 2 unspecified atom stereocenters. The van der Waals surface area contributed by atoms with E-state index < -0.39 is 71.3 Å². The Kier molecular flexibility index (Phi) is 7.70. The summed E-state index contributed by atoms with van der Waals surface area (Å²) in [6.07, 6.45) is -26.8. The Morgan fingerprint density at radius 3 is 1.41 bits per heavy atom. The van der Waals surface area contributed by atoms with Crippen LogP contribution in [0.1, 0.15) is 29.2 Å². The normalized spacial score (nSPS) is 15.3. The number of hydrogen-bond acceptors (Lipinski definition) is 2. The number of rotatable bonds is 3. The molecule has 0 heterocycles. The van der Waals surface area contributed by atoms with Crippen LogP contribution in [0.3, 0.4) is 0 Å². The van der Waals surface area contributed by atoms with E-state index in [1.807, 2.05) is 0 Å². The van der Waals surface area contributed by atoms with Gasteiger partial charge in [-0.25, -0.2) is 13.2 Å². The van der Waals surface area contributed by atoms with E-state index >= 15 is 0 Å². The van der Waals surface area contributed by atoms with E-state index in [9.17, 15) is 57.8 Å². The van der Waals surface area contributed by atoms with Gasteiger partial charge in [0, 0.05) is 29.1 Å². The Balaban J connectivity index is 0.00000676. The summed E-state index contributed by atoms with van der Waals surface area (Å²) < 4.78 is 153. The maximum Gasteiger partial charge on any atom is 0.422 e. The van der Waals surface area contributed by atoms with Crippen molar-refractivity contribution >= 4 is 0 Å². The molecule has 1 rings (SSSR count). The van der Waals surface area contributed by atoms with Crippen LogP contribution in [0.15, 0.2) is 0 Å². The average molecular weight is 474 g/mol. The van der Waals surface area contributed by atoms with Crippen LogP contribution in [-0.4, -0.2) is 22.5 Å². The minimum Gasteiger partial charge on any atom is -0.388 e. The summed E-state index contributed by atoms with van der Waals surface area (Å²) in [5, 5.41) is 18.0. The molecule has 15 heteroatoms. The number of halogens is 12. The van der Waals surface area contributed by atoms with Gasteiger partial charge in [-0.2, -0.15) is 39.5 Å². The zero-order valence-corrected chi connectivity index (χ0v) is 13.0. The smallest absolute Gasteiger partial charge is 0.388 e. The molecule has 0 saturated heterocycles. The van der Waals surface area contributed by atoms with Crippen LogP contribution in [-0.2, 0) is 29.4 Å². The molecule has 0 aliphatic rings. The zero-order chi connectivity index (χ0) is 20.8. The first-order chi connectivity index (χ1) is 11.4. The minimum absolute atomic E-state index is 0. The first-order valence-electron chi connectivity index (χ1n) is 6.18. The summed E-state index contributed by atoms with van der Waals surface area (Å²) in [6.45, 7) is 0. The predicted molar refractivity (Wildman–Crippen MR) is 58.0 cm³/mol. The molecule has 161 valence electrons. The molecule has 0 spiro atoms. The Labute approximate surface area is 152 Å². The second-order valence-electron chi connectivity index (χ2n) is 4.91. The van der Waals surface area contributed by atoms with Crippen molar-refractivity contribution in [1.29, 1.82) is 0 Å². The van der Waals surface area contributed by atoms with Crippen LogP contribution in [0.5, 0.6) is 0 Å². The Morgan fingerprint density at radius 1 is 0.667 bits per heavy atom. The summed E-state index contributed by atoms with van der Waals surface area (Å²) in [7, 11) is 0. The first kappa shape index (κ1) is 25.8. The SMILES string of the molecule is OC(CC(O)C(F)(F)F)c1c(F)c(F)c(C(F)(F)F)c(F)c1C(F)(F)F.[Cu]. The van der Waals surface area contributed by atoms with E-state index in [2.05, 4.69) is 0 Å². The fraction of sp³-hybridized carbons (Fsp3) is 0.500. The van der Waals surface area contributed by atoms with Crippen LogP contribution in [0.25, 0.3) is 0 Å². The van der Waals surface area contributed by atoms with Crippen molar-refractivity contribution in [3.8, 4) is 0 Å². The average Bonchev–Trinajstić information content (AvgIpc) is 2.38. The number of benzene rings is 1. The van der Waals surface area contributed by atoms with Gasteiger partial charge in [0.05, 0.1) is 6.10 Å². The van der Waals surface area contributed by atoms with Crippen molar-refractivity contribution in [3.05, 3.63) is 34.1 Å². The Bertz CT molecular complexity index is 679. The molecule has 0 aliphatic heterocycles.